The van der Waals surface area contributed by atoms with Crippen LogP contribution in [-0.4, -0.2) is 45.3 Å². The summed E-state index contributed by atoms with van der Waals surface area (Å²) in [6.07, 6.45) is 1.99. The summed E-state index contributed by atoms with van der Waals surface area (Å²) in [5.41, 5.74) is -1.55. The number of hydrogen-bond donors (Lipinski definition) is 2. The monoisotopic (exact) mass is 447 g/mol. The molecule has 2 aliphatic heterocycles. The zero-order valence-corrected chi connectivity index (χ0v) is 17.6. The average Bonchev–Trinajstić information content (AvgIpc) is 2.75. The SMILES string of the molecule is CC[C@@H]1CCOC2Cn3cc(C(=O)N[C@@H](C)c4ccc(F)cc4F)c(=O)c(O)c3C(=O)N21. The van der Waals surface area contributed by atoms with Crippen molar-refractivity contribution in [2.24, 2.45) is 0 Å². The van der Waals surface area contributed by atoms with Crippen LogP contribution in [0.2, 0.25) is 0 Å². The van der Waals surface area contributed by atoms with Gasteiger partial charge in [-0.15, -0.1) is 0 Å². The van der Waals surface area contributed by atoms with E-state index in [4.69, 9.17) is 4.74 Å². The lowest BCUT2D eigenvalue weighted by Gasteiger charge is -2.45. The number of nitrogens with zero attached hydrogens (tertiary/aromatic N) is 2. The number of hydrogen-bond acceptors (Lipinski definition) is 5. The fraction of sp³-hybridized carbons (Fsp3) is 0.409. The molecule has 8 nitrogen and oxygen atoms in total. The third-order valence-electron chi connectivity index (χ3n) is 6.00. The average molecular weight is 447 g/mol. The van der Waals surface area contributed by atoms with Crippen LogP contribution in [0.25, 0.3) is 0 Å². The summed E-state index contributed by atoms with van der Waals surface area (Å²) >= 11 is 0. The molecule has 10 heteroatoms. The standard InChI is InChI=1S/C22H23F2N3O5/c1-3-13-6-7-32-17-10-26-9-15(19(28)20(29)18(26)22(31)27(13)17)21(30)25-11(2)14-5-4-12(23)8-16(14)24/h4-5,8-9,11,13,17,29H,3,6-7,10H2,1-2H3,(H,25,30)/t11-,13+,17?/m0/s1. The fourth-order valence-corrected chi connectivity index (χ4v) is 4.31. The lowest BCUT2D eigenvalue weighted by molar-refractivity contribution is -0.116. The van der Waals surface area contributed by atoms with E-state index in [1.807, 2.05) is 6.92 Å². The molecule has 2 aliphatic rings. The molecule has 0 saturated carbocycles. The van der Waals surface area contributed by atoms with Crippen LogP contribution in [0.4, 0.5) is 8.78 Å². The minimum absolute atomic E-state index is 0.0362. The fourth-order valence-electron chi connectivity index (χ4n) is 4.31. The number of ether oxygens (including phenoxy) is 1. The van der Waals surface area contributed by atoms with Gasteiger partial charge < -0.3 is 24.6 Å². The number of aromatic hydroxyl groups is 1. The molecule has 1 fully saturated rings. The number of amides is 2. The van der Waals surface area contributed by atoms with Crippen molar-refractivity contribution in [2.75, 3.05) is 6.61 Å². The third kappa shape index (κ3) is 3.64. The summed E-state index contributed by atoms with van der Waals surface area (Å²) in [6.45, 7) is 4.04. The van der Waals surface area contributed by atoms with Crippen LogP contribution in [0.3, 0.4) is 0 Å². The van der Waals surface area contributed by atoms with Crippen LogP contribution in [-0.2, 0) is 11.3 Å². The molecule has 3 atom stereocenters. The van der Waals surface area contributed by atoms with Gasteiger partial charge in [-0.05, 0) is 25.8 Å². The van der Waals surface area contributed by atoms with Crippen molar-refractivity contribution >= 4 is 11.8 Å². The van der Waals surface area contributed by atoms with Crippen LogP contribution in [0.15, 0.2) is 29.2 Å². The van der Waals surface area contributed by atoms with Crippen LogP contribution >= 0.6 is 0 Å². The first kappa shape index (κ1) is 21.9. The molecule has 2 N–H and O–H groups in total. The van der Waals surface area contributed by atoms with Gasteiger partial charge in [0, 0.05) is 23.9 Å². The molecule has 32 heavy (non-hydrogen) atoms. The smallest absolute Gasteiger partial charge is 0.276 e. The molecular weight excluding hydrogens is 424 g/mol. The first-order chi connectivity index (χ1) is 15.2. The second-order valence-electron chi connectivity index (χ2n) is 7.97. The summed E-state index contributed by atoms with van der Waals surface area (Å²) in [6, 6.07) is 2.01. The lowest BCUT2D eigenvalue weighted by Crippen LogP contribution is -2.57. The Kier molecular flexibility index (Phi) is 5.72. The van der Waals surface area contributed by atoms with Gasteiger partial charge >= 0.3 is 0 Å². The number of nitrogens with one attached hydrogen (secondary N) is 1. The highest BCUT2D eigenvalue weighted by Gasteiger charge is 2.41. The molecule has 0 bridgehead atoms. The van der Waals surface area contributed by atoms with E-state index in [0.29, 0.717) is 25.5 Å². The summed E-state index contributed by atoms with van der Waals surface area (Å²) in [5.74, 6) is -3.80. The van der Waals surface area contributed by atoms with E-state index in [0.717, 1.165) is 6.07 Å². The minimum Gasteiger partial charge on any atom is -0.503 e. The maximum atomic E-state index is 14.0. The van der Waals surface area contributed by atoms with E-state index >= 15 is 0 Å². The summed E-state index contributed by atoms with van der Waals surface area (Å²) in [5, 5.41) is 13.0. The first-order valence-corrected chi connectivity index (χ1v) is 10.4. The predicted octanol–water partition coefficient (Wildman–Crippen LogP) is 2.30. The van der Waals surface area contributed by atoms with Crippen molar-refractivity contribution in [3.05, 3.63) is 63.1 Å². The summed E-state index contributed by atoms with van der Waals surface area (Å²) in [4.78, 5) is 40.1. The zero-order valence-electron chi connectivity index (χ0n) is 17.6. The topological polar surface area (TPSA) is 101 Å². The van der Waals surface area contributed by atoms with Crippen molar-refractivity contribution in [1.82, 2.24) is 14.8 Å². The molecule has 4 rings (SSSR count). The highest BCUT2D eigenvalue weighted by molar-refractivity contribution is 5.99. The molecule has 0 aliphatic carbocycles. The summed E-state index contributed by atoms with van der Waals surface area (Å²) < 4.78 is 34.2. The second-order valence-corrected chi connectivity index (χ2v) is 7.97. The van der Waals surface area contributed by atoms with Crippen LogP contribution in [0.5, 0.6) is 5.75 Å². The van der Waals surface area contributed by atoms with Gasteiger partial charge in [0.05, 0.1) is 19.2 Å². The Balaban J connectivity index is 1.66. The van der Waals surface area contributed by atoms with Crippen LogP contribution in [0.1, 0.15) is 59.1 Å². The number of pyridine rings is 1. The van der Waals surface area contributed by atoms with Crippen molar-refractivity contribution in [2.45, 2.75) is 51.5 Å². The number of benzene rings is 1. The van der Waals surface area contributed by atoms with Crippen molar-refractivity contribution < 1.29 is 28.2 Å². The normalized spacial score (nSPS) is 21.0. The van der Waals surface area contributed by atoms with Gasteiger partial charge in [0.2, 0.25) is 5.43 Å². The number of carbonyl (C=O) groups excluding carboxylic acids is 2. The molecule has 3 heterocycles. The molecule has 1 aromatic heterocycles. The van der Waals surface area contributed by atoms with E-state index in [1.165, 1.54) is 28.7 Å². The van der Waals surface area contributed by atoms with E-state index in [9.17, 15) is 28.3 Å². The highest BCUT2D eigenvalue weighted by Crippen LogP contribution is 2.30. The Morgan fingerprint density at radius 3 is 2.78 bits per heavy atom. The van der Waals surface area contributed by atoms with Gasteiger partial charge in [0.1, 0.15) is 17.2 Å². The van der Waals surface area contributed by atoms with E-state index in [1.54, 1.807) is 0 Å². The van der Waals surface area contributed by atoms with E-state index in [-0.39, 0.29) is 23.8 Å². The van der Waals surface area contributed by atoms with Gasteiger partial charge in [-0.2, -0.15) is 0 Å². The lowest BCUT2D eigenvalue weighted by atomic mass is 10.0. The molecule has 1 unspecified atom stereocenters. The quantitative estimate of drug-likeness (QED) is 0.749. The number of aromatic nitrogens is 1. The first-order valence-electron chi connectivity index (χ1n) is 10.4. The Labute approximate surface area is 182 Å². The number of halogens is 2. The van der Waals surface area contributed by atoms with Gasteiger partial charge in [0.25, 0.3) is 11.8 Å². The van der Waals surface area contributed by atoms with Gasteiger partial charge in [-0.3, -0.25) is 14.4 Å². The maximum Gasteiger partial charge on any atom is 0.276 e. The molecule has 1 saturated heterocycles. The van der Waals surface area contributed by atoms with Crippen LogP contribution < -0.4 is 10.7 Å². The molecule has 2 amide bonds. The second kappa shape index (κ2) is 8.34. The Morgan fingerprint density at radius 1 is 1.34 bits per heavy atom. The Hall–Kier alpha value is -3.27. The van der Waals surface area contributed by atoms with Crippen LogP contribution in [0, 0.1) is 11.6 Å². The Bertz CT molecular complexity index is 1150. The van der Waals surface area contributed by atoms with Gasteiger partial charge in [-0.25, -0.2) is 8.78 Å². The molecule has 170 valence electrons. The Morgan fingerprint density at radius 2 is 2.09 bits per heavy atom. The predicted molar refractivity (Wildman–Crippen MR) is 109 cm³/mol. The molecule has 1 aromatic carbocycles. The highest BCUT2D eigenvalue weighted by atomic mass is 19.1. The third-order valence-corrected chi connectivity index (χ3v) is 6.00. The van der Waals surface area contributed by atoms with Gasteiger partial charge in [0.15, 0.2) is 17.7 Å². The molecule has 0 radical (unpaired) electrons. The largest absolute Gasteiger partial charge is 0.503 e. The van der Waals surface area contributed by atoms with Crippen molar-refractivity contribution in [3.8, 4) is 5.75 Å². The maximum absolute atomic E-state index is 14.0. The number of fused-ring (bicyclic) bond motifs is 2. The van der Waals surface area contributed by atoms with E-state index < -0.39 is 52.5 Å². The van der Waals surface area contributed by atoms with E-state index in [2.05, 4.69) is 5.32 Å². The number of rotatable bonds is 4. The minimum atomic E-state index is -1.00. The van der Waals surface area contributed by atoms with Gasteiger partial charge in [-0.1, -0.05) is 13.0 Å². The summed E-state index contributed by atoms with van der Waals surface area (Å²) in [7, 11) is 0. The molecule has 0 spiro atoms. The molecular formula is C22H23F2N3O5. The zero-order chi connectivity index (χ0) is 23.2. The number of carbonyl (C=O) groups is 2. The van der Waals surface area contributed by atoms with Crippen molar-refractivity contribution in [1.29, 1.82) is 0 Å². The molecule has 2 aromatic rings. The van der Waals surface area contributed by atoms with Crippen molar-refractivity contribution in [3.63, 3.8) is 0 Å².